The minimum absolute atomic E-state index is 0.0806. The number of hydrogen-bond acceptors (Lipinski definition) is 4. The zero-order valence-electron chi connectivity index (χ0n) is 22.8. The van der Waals surface area contributed by atoms with Gasteiger partial charge in [-0.3, -0.25) is 19.4 Å². The van der Waals surface area contributed by atoms with Gasteiger partial charge < -0.3 is 15.0 Å². The number of piperazine rings is 1. The third-order valence-electron chi connectivity index (χ3n) is 10.5. The molecule has 5 aliphatic heterocycles. The van der Waals surface area contributed by atoms with Gasteiger partial charge >= 0.3 is 0 Å². The second-order valence-corrected chi connectivity index (χ2v) is 12.9. The SMILES string of the molecule is C[C@@H]1C(C)(C)N2c3ccccc3[C@]3(O)CC4C(=O)N5/C=C\C(C)(C)c6[nH]c7ccccc7c6/C=C\5C(=O)N4[C@]123. The van der Waals surface area contributed by atoms with E-state index in [0.717, 1.165) is 33.4 Å². The van der Waals surface area contributed by atoms with Gasteiger partial charge in [0.2, 0.25) is 0 Å². The fraction of sp³-hybridized carbons (Fsp3) is 0.375. The summed E-state index contributed by atoms with van der Waals surface area (Å²) in [5.41, 5.74) is 1.87. The summed E-state index contributed by atoms with van der Waals surface area (Å²) in [6, 6.07) is 15.2. The summed E-state index contributed by atoms with van der Waals surface area (Å²) >= 11 is 0. The predicted octanol–water partition coefficient (Wildman–Crippen LogP) is 4.59. The van der Waals surface area contributed by atoms with E-state index in [-0.39, 0.29) is 29.7 Å². The van der Waals surface area contributed by atoms with Crippen LogP contribution < -0.4 is 4.90 Å². The lowest BCUT2D eigenvalue weighted by atomic mass is 9.61. The van der Waals surface area contributed by atoms with Crippen molar-refractivity contribution in [1.82, 2.24) is 14.8 Å². The van der Waals surface area contributed by atoms with Crippen LogP contribution in [0.15, 0.2) is 66.5 Å². The average molecular weight is 521 g/mol. The Labute approximate surface area is 227 Å². The Morgan fingerprint density at radius 2 is 1.72 bits per heavy atom. The number of carbonyl (C=O) groups excluding carboxylic acids is 2. The summed E-state index contributed by atoms with van der Waals surface area (Å²) in [5, 5.41) is 13.6. The van der Waals surface area contributed by atoms with Crippen LogP contribution in [0.2, 0.25) is 0 Å². The highest BCUT2D eigenvalue weighted by Gasteiger charge is 2.84. The fourth-order valence-corrected chi connectivity index (χ4v) is 8.48. The largest absolute Gasteiger partial charge is 0.380 e. The molecule has 0 aliphatic carbocycles. The number of fused-ring (bicyclic) bond motifs is 8. The summed E-state index contributed by atoms with van der Waals surface area (Å²) in [7, 11) is 0. The molecule has 1 spiro atoms. The molecule has 3 saturated heterocycles. The monoisotopic (exact) mass is 520 g/mol. The maximum atomic E-state index is 14.7. The van der Waals surface area contributed by atoms with E-state index in [1.165, 1.54) is 4.90 Å². The lowest BCUT2D eigenvalue weighted by Gasteiger charge is -2.70. The Balaban J connectivity index is 1.38. The number of benzene rings is 2. The first-order valence-electron chi connectivity index (χ1n) is 13.8. The van der Waals surface area contributed by atoms with E-state index in [1.807, 2.05) is 60.7 Å². The van der Waals surface area contributed by atoms with Crippen molar-refractivity contribution in [2.24, 2.45) is 5.92 Å². The number of para-hydroxylation sites is 2. The third kappa shape index (κ3) is 2.29. The fourth-order valence-electron chi connectivity index (χ4n) is 8.48. The Morgan fingerprint density at radius 3 is 2.51 bits per heavy atom. The first kappa shape index (κ1) is 23.1. The van der Waals surface area contributed by atoms with Crippen molar-refractivity contribution in [1.29, 1.82) is 0 Å². The van der Waals surface area contributed by atoms with Gasteiger partial charge in [-0.15, -0.1) is 0 Å². The maximum absolute atomic E-state index is 14.7. The van der Waals surface area contributed by atoms with Crippen LogP contribution in [0.25, 0.3) is 17.0 Å². The Kier molecular flexibility index (Phi) is 3.94. The van der Waals surface area contributed by atoms with E-state index in [0.29, 0.717) is 5.70 Å². The van der Waals surface area contributed by atoms with Gasteiger partial charge in [-0.05, 0) is 32.1 Å². The van der Waals surface area contributed by atoms with Crippen molar-refractivity contribution >= 4 is 34.5 Å². The number of hydrogen-bond donors (Lipinski definition) is 2. The Bertz CT molecular complexity index is 1710. The van der Waals surface area contributed by atoms with Gasteiger partial charge in [-0.25, -0.2) is 0 Å². The van der Waals surface area contributed by atoms with Gasteiger partial charge in [0.1, 0.15) is 17.3 Å². The van der Waals surface area contributed by atoms with E-state index in [1.54, 1.807) is 11.1 Å². The van der Waals surface area contributed by atoms with Crippen LogP contribution >= 0.6 is 0 Å². The van der Waals surface area contributed by atoms with Crippen molar-refractivity contribution in [3.8, 4) is 0 Å². The molecule has 2 amide bonds. The minimum atomic E-state index is -1.36. The number of rotatable bonds is 0. The van der Waals surface area contributed by atoms with Gasteiger partial charge in [-0.2, -0.15) is 0 Å². The summed E-state index contributed by atoms with van der Waals surface area (Å²) in [4.78, 5) is 38.1. The molecule has 1 aromatic heterocycles. The molecule has 7 heteroatoms. The molecule has 39 heavy (non-hydrogen) atoms. The van der Waals surface area contributed by atoms with Crippen LogP contribution in [0.1, 0.15) is 57.9 Å². The van der Waals surface area contributed by atoms with Gasteiger partial charge in [0.05, 0.1) is 0 Å². The number of nitrogens with zero attached hydrogens (tertiary/aromatic N) is 3. The Hall–Kier alpha value is -3.84. The second kappa shape index (κ2) is 6.65. The van der Waals surface area contributed by atoms with E-state index in [9.17, 15) is 14.7 Å². The van der Waals surface area contributed by atoms with E-state index >= 15 is 0 Å². The molecular weight excluding hydrogens is 488 g/mol. The van der Waals surface area contributed by atoms with Crippen molar-refractivity contribution in [3.05, 3.63) is 83.3 Å². The highest BCUT2D eigenvalue weighted by molar-refractivity contribution is 6.11. The highest BCUT2D eigenvalue weighted by atomic mass is 16.3. The Morgan fingerprint density at radius 1 is 1.00 bits per heavy atom. The number of allylic oxidation sites excluding steroid dienone is 1. The minimum Gasteiger partial charge on any atom is -0.380 e. The molecule has 6 heterocycles. The molecule has 3 fully saturated rings. The first-order chi connectivity index (χ1) is 18.5. The molecule has 4 atom stereocenters. The zero-order valence-corrected chi connectivity index (χ0v) is 22.8. The van der Waals surface area contributed by atoms with Crippen LogP contribution in [0.4, 0.5) is 5.69 Å². The molecule has 5 aliphatic rings. The summed E-state index contributed by atoms with van der Waals surface area (Å²) in [6.45, 7) is 10.6. The molecule has 2 aromatic carbocycles. The van der Waals surface area contributed by atoms with Crippen LogP contribution in [-0.2, 0) is 20.6 Å². The number of nitrogens with one attached hydrogen (secondary N) is 1. The molecule has 1 unspecified atom stereocenters. The van der Waals surface area contributed by atoms with Gasteiger partial charge in [0.15, 0.2) is 5.66 Å². The van der Waals surface area contributed by atoms with Crippen molar-refractivity contribution in [2.75, 3.05) is 4.90 Å². The van der Waals surface area contributed by atoms with Crippen molar-refractivity contribution < 1.29 is 14.7 Å². The van der Waals surface area contributed by atoms with Crippen molar-refractivity contribution in [3.63, 3.8) is 0 Å². The quantitative estimate of drug-likeness (QED) is 0.455. The molecular formula is C32H32N4O3. The number of aromatic amines is 1. The van der Waals surface area contributed by atoms with E-state index in [2.05, 4.69) is 44.5 Å². The molecule has 0 bridgehead atoms. The molecule has 3 aromatic rings. The van der Waals surface area contributed by atoms with Crippen LogP contribution in [0, 0.1) is 5.92 Å². The van der Waals surface area contributed by atoms with Gasteiger partial charge in [0, 0.05) is 62.9 Å². The number of aromatic nitrogens is 1. The first-order valence-corrected chi connectivity index (χ1v) is 13.8. The highest BCUT2D eigenvalue weighted by Crippen LogP contribution is 2.72. The normalized spacial score (nSPS) is 35.0. The molecule has 7 nitrogen and oxygen atoms in total. The second-order valence-electron chi connectivity index (χ2n) is 12.9. The third-order valence-corrected chi connectivity index (χ3v) is 10.5. The summed E-state index contributed by atoms with van der Waals surface area (Å²) < 4.78 is 0. The molecule has 0 saturated carbocycles. The number of H-pyrrole nitrogens is 1. The van der Waals surface area contributed by atoms with E-state index < -0.39 is 22.7 Å². The topological polar surface area (TPSA) is 79.9 Å². The number of anilines is 1. The molecule has 2 N–H and O–H groups in total. The van der Waals surface area contributed by atoms with Crippen LogP contribution in [0.3, 0.4) is 0 Å². The number of amides is 2. The standard InChI is InChI=1S/C32H32N4O3/c1-18-30(4,5)36-23-13-9-7-11-21(23)31(39)17-25-27(37)34-15-14-29(2,3)26-20(19-10-6-8-12-22(19)33-26)16-24(34)28(38)35(25)32(18,31)36/h6-16,18,25,33,39H,17H2,1-5H3/b15-14-,24-16-/t18-,25?,31-,32-/m1/s1. The molecule has 0 radical (unpaired) electrons. The predicted molar refractivity (Wildman–Crippen MR) is 149 cm³/mol. The van der Waals surface area contributed by atoms with Crippen LogP contribution in [0.5, 0.6) is 0 Å². The lowest BCUT2D eigenvalue weighted by molar-refractivity contribution is -0.181. The van der Waals surface area contributed by atoms with Crippen LogP contribution in [-0.4, -0.2) is 48.9 Å². The van der Waals surface area contributed by atoms with E-state index in [4.69, 9.17) is 0 Å². The number of carbonyl (C=O) groups is 2. The van der Waals surface area contributed by atoms with Gasteiger partial charge in [-0.1, -0.05) is 63.2 Å². The smallest absolute Gasteiger partial charge is 0.273 e. The lowest BCUT2D eigenvalue weighted by Crippen LogP contribution is -2.86. The maximum Gasteiger partial charge on any atom is 0.273 e. The zero-order chi connectivity index (χ0) is 27.3. The summed E-state index contributed by atoms with van der Waals surface area (Å²) in [6.07, 6.45) is 5.80. The van der Waals surface area contributed by atoms with Crippen molar-refractivity contribution in [2.45, 2.75) is 69.3 Å². The summed E-state index contributed by atoms with van der Waals surface area (Å²) in [5.74, 6) is -0.484. The number of aliphatic hydroxyl groups is 1. The molecule has 8 rings (SSSR count). The average Bonchev–Trinajstić information content (AvgIpc) is 3.48. The van der Waals surface area contributed by atoms with Gasteiger partial charge in [0.25, 0.3) is 11.8 Å². The molecule has 198 valence electrons.